The van der Waals surface area contributed by atoms with Gasteiger partial charge in [-0.1, -0.05) is 19.1 Å². The molecule has 2 atom stereocenters. The molecule has 2 rings (SSSR count). The van der Waals surface area contributed by atoms with Crippen LogP contribution < -0.4 is 0 Å². The first-order valence-electron chi connectivity index (χ1n) is 9.35. The lowest BCUT2D eigenvalue weighted by Crippen LogP contribution is -2.50. The Balaban J connectivity index is 2.15. The number of carbonyl (C=O) groups excluding carboxylic acids is 3. The molecule has 1 saturated heterocycles. The van der Waals surface area contributed by atoms with Crippen LogP contribution in [0.25, 0.3) is 0 Å². The molecule has 1 heterocycles. The van der Waals surface area contributed by atoms with Gasteiger partial charge in [-0.25, -0.2) is 9.59 Å². The van der Waals surface area contributed by atoms with E-state index in [1.165, 1.54) is 7.11 Å². The number of piperidine rings is 1. The Morgan fingerprint density at radius 3 is 2.30 bits per heavy atom. The number of hydrogen-bond donors (Lipinski definition) is 0. The zero-order valence-corrected chi connectivity index (χ0v) is 16.8. The second-order valence-electron chi connectivity index (χ2n) is 7.92. The Labute approximate surface area is 160 Å². The molecule has 27 heavy (non-hydrogen) atoms. The topological polar surface area (TPSA) is 72.9 Å². The van der Waals surface area contributed by atoms with E-state index in [-0.39, 0.29) is 11.7 Å². The summed E-state index contributed by atoms with van der Waals surface area (Å²) in [6.45, 7) is 7.81. The SMILES string of the molecule is COC(=O)c1ccc([C@H](C)C(=O)[C@H]2CCCCN2C(=O)OC(C)(C)C)cc1. The summed E-state index contributed by atoms with van der Waals surface area (Å²) in [6, 6.07) is 6.34. The minimum atomic E-state index is -0.600. The minimum absolute atomic E-state index is 0.00798. The zero-order valence-electron chi connectivity index (χ0n) is 16.8. The highest BCUT2D eigenvalue weighted by Crippen LogP contribution is 2.27. The summed E-state index contributed by atoms with van der Waals surface area (Å²) in [4.78, 5) is 38.8. The third kappa shape index (κ3) is 5.31. The first kappa shape index (κ1) is 20.9. The highest BCUT2D eigenvalue weighted by atomic mass is 16.6. The van der Waals surface area contributed by atoms with Crippen LogP contribution in [0.2, 0.25) is 0 Å². The van der Waals surface area contributed by atoms with Crippen molar-refractivity contribution in [2.75, 3.05) is 13.7 Å². The monoisotopic (exact) mass is 375 g/mol. The number of likely N-dealkylation sites (tertiary alicyclic amines) is 1. The van der Waals surface area contributed by atoms with Crippen molar-refractivity contribution in [3.05, 3.63) is 35.4 Å². The molecule has 0 aromatic heterocycles. The van der Waals surface area contributed by atoms with Crippen molar-refractivity contribution in [2.24, 2.45) is 0 Å². The number of amides is 1. The van der Waals surface area contributed by atoms with Crippen molar-refractivity contribution in [3.63, 3.8) is 0 Å². The molecule has 148 valence electrons. The van der Waals surface area contributed by atoms with Gasteiger partial charge in [-0.3, -0.25) is 9.69 Å². The lowest BCUT2D eigenvalue weighted by atomic mass is 9.87. The predicted molar refractivity (Wildman–Crippen MR) is 102 cm³/mol. The van der Waals surface area contributed by atoms with E-state index < -0.39 is 23.7 Å². The molecule has 0 saturated carbocycles. The molecule has 1 aliphatic rings. The van der Waals surface area contributed by atoms with E-state index in [0.29, 0.717) is 18.5 Å². The quantitative estimate of drug-likeness (QED) is 0.746. The van der Waals surface area contributed by atoms with Crippen LogP contribution >= 0.6 is 0 Å². The van der Waals surface area contributed by atoms with Gasteiger partial charge in [0.25, 0.3) is 0 Å². The van der Waals surface area contributed by atoms with Crippen molar-refractivity contribution in [3.8, 4) is 0 Å². The van der Waals surface area contributed by atoms with Gasteiger partial charge in [-0.15, -0.1) is 0 Å². The Morgan fingerprint density at radius 1 is 1.11 bits per heavy atom. The molecular formula is C21H29NO5. The molecule has 6 heteroatoms. The molecule has 0 unspecified atom stereocenters. The molecule has 1 aromatic carbocycles. The molecule has 0 spiro atoms. The molecule has 6 nitrogen and oxygen atoms in total. The number of rotatable bonds is 4. The van der Waals surface area contributed by atoms with E-state index in [0.717, 1.165) is 18.4 Å². The Bertz CT molecular complexity index is 690. The summed E-state index contributed by atoms with van der Waals surface area (Å²) in [7, 11) is 1.33. The molecule has 1 fully saturated rings. The molecule has 0 N–H and O–H groups in total. The van der Waals surface area contributed by atoms with Gasteiger partial charge in [0.2, 0.25) is 0 Å². The Kier molecular flexibility index (Phi) is 6.63. The second kappa shape index (κ2) is 8.55. The van der Waals surface area contributed by atoms with Crippen molar-refractivity contribution < 1.29 is 23.9 Å². The summed E-state index contributed by atoms with van der Waals surface area (Å²) in [5, 5.41) is 0. The second-order valence-corrected chi connectivity index (χ2v) is 7.92. The van der Waals surface area contributed by atoms with Gasteiger partial charge < -0.3 is 9.47 Å². The maximum Gasteiger partial charge on any atom is 0.410 e. The number of nitrogens with zero attached hydrogens (tertiary/aromatic N) is 1. The summed E-state index contributed by atoms with van der Waals surface area (Å²) >= 11 is 0. The number of ketones is 1. The van der Waals surface area contributed by atoms with E-state index >= 15 is 0 Å². The molecule has 1 aliphatic heterocycles. The van der Waals surface area contributed by atoms with Crippen LogP contribution in [-0.4, -0.2) is 48.0 Å². The predicted octanol–water partition coefficient (Wildman–Crippen LogP) is 3.94. The smallest absolute Gasteiger partial charge is 0.410 e. The third-order valence-electron chi connectivity index (χ3n) is 4.72. The maximum atomic E-state index is 13.1. The number of hydrogen-bond acceptors (Lipinski definition) is 5. The highest BCUT2D eigenvalue weighted by Gasteiger charge is 2.36. The minimum Gasteiger partial charge on any atom is -0.465 e. The van der Waals surface area contributed by atoms with E-state index in [4.69, 9.17) is 9.47 Å². The fourth-order valence-electron chi connectivity index (χ4n) is 3.25. The summed E-state index contributed by atoms with van der Waals surface area (Å²) in [6.07, 6.45) is 1.98. The van der Waals surface area contributed by atoms with Crippen molar-refractivity contribution >= 4 is 17.8 Å². The van der Waals surface area contributed by atoms with Crippen LogP contribution in [-0.2, 0) is 14.3 Å². The summed E-state index contributed by atoms with van der Waals surface area (Å²) in [5.74, 6) is -0.806. The standard InChI is InChI=1S/C21H29NO5/c1-14(15-9-11-16(12-10-15)19(24)26-5)18(23)17-8-6-7-13-22(17)20(25)27-21(2,3)4/h9-12,14,17H,6-8,13H2,1-5H3/t14-,17+/m0/s1. The van der Waals surface area contributed by atoms with Crippen molar-refractivity contribution in [2.45, 2.75) is 64.5 Å². The van der Waals surface area contributed by atoms with Crippen molar-refractivity contribution in [1.82, 2.24) is 4.90 Å². The van der Waals surface area contributed by atoms with Gasteiger partial charge in [-0.2, -0.15) is 0 Å². The lowest BCUT2D eigenvalue weighted by molar-refractivity contribution is -0.126. The fourth-order valence-corrected chi connectivity index (χ4v) is 3.25. The molecule has 1 amide bonds. The van der Waals surface area contributed by atoms with E-state index in [1.54, 1.807) is 29.2 Å². The number of esters is 1. The highest BCUT2D eigenvalue weighted by molar-refractivity contribution is 5.93. The van der Waals surface area contributed by atoms with Gasteiger partial charge >= 0.3 is 12.1 Å². The summed E-state index contributed by atoms with van der Waals surface area (Å²) < 4.78 is 10.2. The first-order valence-corrected chi connectivity index (χ1v) is 9.35. The Morgan fingerprint density at radius 2 is 1.74 bits per heavy atom. The van der Waals surface area contributed by atoms with E-state index in [9.17, 15) is 14.4 Å². The molecule has 0 aliphatic carbocycles. The average Bonchev–Trinajstić information content (AvgIpc) is 2.65. The van der Waals surface area contributed by atoms with Crippen LogP contribution in [0.3, 0.4) is 0 Å². The van der Waals surface area contributed by atoms with E-state index in [2.05, 4.69) is 0 Å². The third-order valence-corrected chi connectivity index (χ3v) is 4.72. The molecule has 0 bridgehead atoms. The lowest BCUT2D eigenvalue weighted by Gasteiger charge is -2.37. The zero-order chi connectivity index (χ0) is 20.2. The largest absolute Gasteiger partial charge is 0.465 e. The molecular weight excluding hydrogens is 346 g/mol. The van der Waals surface area contributed by atoms with E-state index in [1.807, 2.05) is 27.7 Å². The first-order chi connectivity index (χ1) is 12.6. The number of carbonyl (C=O) groups is 3. The van der Waals surface area contributed by atoms with Gasteiger partial charge in [0.05, 0.1) is 18.7 Å². The Hall–Kier alpha value is -2.37. The maximum absolute atomic E-state index is 13.1. The van der Waals surface area contributed by atoms with Crippen LogP contribution in [0.5, 0.6) is 0 Å². The molecule has 1 aromatic rings. The fraction of sp³-hybridized carbons (Fsp3) is 0.571. The van der Waals surface area contributed by atoms with Crippen LogP contribution in [0.1, 0.15) is 68.8 Å². The van der Waals surface area contributed by atoms with Crippen LogP contribution in [0.15, 0.2) is 24.3 Å². The number of ether oxygens (including phenoxy) is 2. The van der Waals surface area contributed by atoms with Crippen LogP contribution in [0.4, 0.5) is 4.79 Å². The average molecular weight is 375 g/mol. The van der Waals surface area contributed by atoms with Gasteiger partial charge in [0.1, 0.15) is 5.60 Å². The normalized spacial score (nSPS) is 18.6. The number of Topliss-reactive ketones (excluding diaryl/α,β-unsaturated/α-hetero) is 1. The van der Waals surface area contributed by atoms with Crippen molar-refractivity contribution in [1.29, 1.82) is 0 Å². The summed E-state index contributed by atoms with van der Waals surface area (Å²) in [5.41, 5.74) is 0.647. The molecule has 0 radical (unpaired) electrons. The van der Waals surface area contributed by atoms with Gasteiger partial charge in [0, 0.05) is 12.5 Å². The van der Waals surface area contributed by atoms with Gasteiger partial charge in [0.15, 0.2) is 5.78 Å². The number of benzene rings is 1. The van der Waals surface area contributed by atoms with Gasteiger partial charge in [-0.05, 0) is 57.7 Å². The number of methoxy groups -OCH3 is 1. The van der Waals surface area contributed by atoms with Crippen LogP contribution in [0, 0.1) is 0 Å².